The summed E-state index contributed by atoms with van der Waals surface area (Å²) in [5.41, 5.74) is -0.133. The number of aliphatic hydroxyl groups excluding tert-OH is 2. The lowest BCUT2D eigenvalue weighted by molar-refractivity contribution is -0.139. The van der Waals surface area contributed by atoms with Crippen LogP contribution in [-0.2, 0) is 19.1 Å². The molecule has 2 rings (SSSR count). The molecule has 23 heavy (non-hydrogen) atoms. The van der Waals surface area contributed by atoms with Crippen LogP contribution in [0.5, 0.6) is 0 Å². The lowest BCUT2D eigenvalue weighted by Crippen LogP contribution is -2.15. The number of carbonyl (C=O) groups is 2. The fraction of sp³-hybridized carbons (Fsp3) is 0.312. The van der Waals surface area contributed by atoms with Gasteiger partial charge in [-0.3, -0.25) is 4.98 Å². The molecular formula is C16H17NO6. The third-order valence-electron chi connectivity index (χ3n) is 3.26. The van der Waals surface area contributed by atoms with Gasteiger partial charge in [-0.2, -0.15) is 0 Å². The third kappa shape index (κ3) is 3.18. The van der Waals surface area contributed by atoms with Crippen LogP contribution in [0, 0.1) is 0 Å². The van der Waals surface area contributed by atoms with Crippen molar-refractivity contribution >= 4 is 23.5 Å². The van der Waals surface area contributed by atoms with Crippen molar-refractivity contribution in [3.05, 3.63) is 40.7 Å². The first-order chi connectivity index (χ1) is 11.0. The maximum Gasteiger partial charge on any atom is 0.338 e. The molecule has 0 aliphatic heterocycles. The van der Waals surface area contributed by atoms with Gasteiger partial charge in [0.25, 0.3) is 0 Å². The van der Waals surface area contributed by atoms with Gasteiger partial charge in [-0.05, 0) is 26.0 Å². The molecule has 1 aromatic rings. The van der Waals surface area contributed by atoms with Crippen molar-refractivity contribution in [1.82, 2.24) is 4.98 Å². The molecule has 0 saturated heterocycles. The number of rotatable bonds is 4. The Kier molecular flexibility index (Phi) is 5.00. The fourth-order valence-electron chi connectivity index (χ4n) is 2.21. The molecule has 1 aliphatic rings. The van der Waals surface area contributed by atoms with Crippen LogP contribution in [0.2, 0.25) is 0 Å². The van der Waals surface area contributed by atoms with Gasteiger partial charge < -0.3 is 19.7 Å². The van der Waals surface area contributed by atoms with E-state index in [1.54, 1.807) is 19.9 Å². The number of hydrogen-bond donors (Lipinski definition) is 2. The van der Waals surface area contributed by atoms with E-state index < -0.39 is 17.7 Å². The SMILES string of the molecule is CCOC(=O)C1=C(O)c2cccnc2C(O)=C(C(=O)OCC)C1. The third-order valence-corrected chi connectivity index (χ3v) is 3.26. The summed E-state index contributed by atoms with van der Waals surface area (Å²) < 4.78 is 9.82. The standard InChI is InChI=1S/C16H17NO6/c1-3-22-15(20)10-8-11(16(21)23-4-2)14(19)12-9(13(10)18)6-5-7-17-12/h5-7,18-19H,3-4,8H2,1-2H3. The van der Waals surface area contributed by atoms with E-state index in [2.05, 4.69) is 4.98 Å². The second-order valence-corrected chi connectivity index (χ2v) is 4.67. The van der Waals surface area contributed by atoms with Crippen LogP contribution >= 0.6 is 0 Å². The normalized spacial score (nSPS) is 14.2. The van der Waals surface area contributed by atoms with E-state index in [0.717, 1.165) is 0 Å². The zero-order valence-corrected chi connectivity index (χ0v) is 12.8. The minimum atomic E-state index is -0.780. The zero-order chi connectivity index (χ0) is 17.0. The summed E-state index contributed by atoms with van der Waals surface area (Å²) in [6, 6.07) is 3.03. The molecule has 1 aliphatic carbocycles. The van der Waals surface area contributed by atoms with Gasteiger partial charge in [0.1, 0.15) is 11.5 Å². The molecule has 0 spiro atoms. The van der Waals surface area contributed by atoms with Gasteiger partial charge in [-0.25, -0.2) is 9.59 Å². The summed E-state index contributed by atoms with van der Waals surface area (Å²) in [6.45, 7) is 3.47. The molecule has 7 nitrogen and oxygen atoms in total. The van der Waals surface area contributed by atoms with Crippen LogP contribution in [0.3, 0.4) is 0 Å². The predicted molar refractivity (Wildman–Crippen MR) is 81.2 cm³/mol. The van der Waals surface area contributed by atoms with Gasteiger partial charge in [0, 0.05) is 18.2 Å². The topological polar surface area (TPSA) is 106 Å². The summed E-state index contributed by atoms with van der Waals surface area (Å²) in [6.07, 6.45) is 1.09. The Labute approximate surface area is 132 Å². The van der Waals surface area contributed by atoms with Crippen molar-refractivity contribution in [1.29, 1.82) is 0 Å². The number of fused-ring (bicyclic) bond motifs is 1. The van der Waals surface area contributed by atoms with Gasteiger partial charge in [0.2, 0.25) is 0 Å². The number of nitrogens with zero attached hydrogens (tertiary/aromatic N) is 1. The maximum absolute atomic E-state index is 12.1. The number of pyridine rings is 1. The summed E-state index contributed by atoms with van der Waals surface area (Å²) in [7, 11) is 0. The highest BCUT2D eigenvalue weighted by molar-refractivity contribution is 6.04. The van der Waals surface area contributed by atoms with Crippen molar-refractivity contribution in [2.75, 3.05) is 13.2 Å². The molecule has 0 saturated carbocycles. The molecule has 1 heterocycles. The first-order valence-electron chi connectivity index (χ1n) is 7.15. The van der Waals surface area contributed by atoms with Crippen LogP contribution in [0.1, 0.15) is 31.5 Å². The zero-order valence-electron chi connectivity index (χ0n) is 12.8. The number of ether oxygens (including phenoxy) is 2. The molecule has 0 fully saturated rings. The van der Waals surface area contributed by atoms with E-state index in [1.165, 1.54) is 12.3 Å². The molecule has 122 valence electrons. The number of hydrogen-bond acceptors (Lipinski definition) is 7. The largest absolute Gasteiger partial charge is 0.507 e. The Morgan fingerprint density at radius 3 is 2.22 bits per heavy atom. The van der Waals surface area contributed by atoms with E-state index in [1.807, 2.05) is 0 Å². The van der Waals surface area contributed by atoms with Crippen LogP contribution in [-0.4, -0.2) is 40.3 Å². The van der Waals surface area contributed by atoms with E-state index in [4.69, 9.17) is 9.47 Å². The Hall–Kier alpha value is -2.83. The Balaban J connectivity index is 2.64. The molecule has 0 radical (unpaired) electrons. The molecule has 2 N–H and O–H groups in total. The van der Waals surface area contributed by atoms with E-state index >= 15 is 0 Å². The molecule has 1 aromatic heterocycles. The summed E-state index contributed by atoms with van der Waals surface area (Å²) >= 11 is 0. The van der Waals surface area contributed by atoms with Gasteiger partial charge in [-0.15, -0.1) is 0 Å². The highest BCUT2D eigenvalue weighted by Crippen LogP contribution is 2.34. The van der Waals surface area contributed by atoms with Gasteiger partial charge >= 0.3 is 11.9 Å². The van der Waals surface area contributed by atoms with Gasteiger partial charge in [0.05, 0.1) is 24.4 Å². The summed E-state index contributed by atoms with van der Waals surface area (Å²) in [5.74, 6) is -2.35. The lowest BCUT2D eigenvalue weighted by atomic mass is 10.0. The van der Waals surface area contributed by atoms with Crippen molar-refractivity contribution in [3.63, 3.8) is 0 Å². The first kappa shape index (κ1) is 16.5. The highest BCUT2D eigenvalue weighted by atomic mass is 16.5. The quantitative estimate of drug-likeness (QED) is 0.819. The average molecular weight is 319 g/mol. The number of esters is 2. The van der Waals surface area contributed by atoms with Gasteiger partial charge in [0.15, 0.2) is 5.76 Å². The molecule has 7 heteroatoms. The molecule has 0 bridgehead atoms. The average Bonchev–Trinajstić information content (AvgIpc) is 2.65. The summed E-state index contributed by atoms with van der Waals surface area (Å²) in [5, 5.41) is 20.8. The minimum absolute atomic E-state index is 0.00681. The Morgan fingerprint density at radius 2 is 1.65 bits per heavy atom. The van der Waals surface area contributed by atoms with Crippen molar-refractivity contribution < 1.29 is 29.3 Å². The van der Waals surface area contributed by atoms with E-state index in [0.29, 0.717) is 0 Å². The maximum atomic E-state index is 12.1. The summed E-state index contributed by atoms with van der Waals surface area (Å²) in [4.78, 5) is 28.1. The van der Waals surface area contributed by atoms with E-state index in [9.17, 15) is 19.8 Å². The van der Waals surface area contributed by atoms with Crippen LogP contribution < -0.4 is 0 Å². The number of aliphatic hydroxyl groups is 2. The molecule has 0 unspecified atom stereocenters. The van der Waals surface area contributed by atoms with Crippen molar-refractivity contribution in [3.8, 4) is 0 Å². The van der Waals surface area contributed by atoms with Crippen molar-refractivity contribution in [2.24, 2.45) is 0 Å². The molecule has 0 atom stereocenters. The van der Waals surface area contributed by atoms with Crippen LogP contribution in [0.4, 0.5) is 0 Å². The van der Waals surface area contributed by atoms with Crippen LogP contribution in [0.25, 0.3) is 11.5 Å². The minimum Gasteiger partial charge on any atom is -0.507 e. The highest BCUT2D eigenvalue weighted by Gasteiger charge is 2.31. The van der Waals surface area contributed by atoms with Crippen LogP contribution in [0.15, 0.2) is 29.5 Å². The lowest BCUT2D eigenvalue weighted by Gasteiger charge is -2.09. The molecule has 0 amide bonds. The molecular weight excluding hydrogens is 302 g/mol. The molecule has 0 aromatic carbocycles. The predicted octanol–water partition coefficient (Wildman–Crippen LogP) is 2.15. The first-order valence-corrected chi connectivity index (χ1v) is 7.15. The smallest absolute Gasteiger partial charge is 0.338 e. The second kappa shape index (κ2) is 6.95. The van der Waals surface area contributed by atoms with Crippen molar-refractivity contribution in [2.45, 2.75) is 20.3 Å². The number of aromatic nitrogens is 1. The fourth-order valence-corrected chi connectivity index (χ4v) is 2.21. The Bertz CT molecular complexity index is 645. The monoisotopic (exact) mass is 319 g/mol. The Morgan fingerprint density at radius 1 is 1.09 bits per heavy atom. The van der Waals surface area contributed by atoms with E-state index in [-0.39, 0.29) is 47.8 Å². The number of carbonyl (C=O) groups excluding carboxylic acids is 2. The second-order valence-electron chi connectivity index (χ2n) is 4.67. The van der Waals surface area contributed by atoms with Gasteiger partial charge in [-0.1, -0.05) is 0 Å².